The van der Waals surface area contributed by atoms with Gasteiger partial charge in [-0.05, 0) is 6.42 Å². The highest BCUT2D eigenvalue weighted by molar-refractivity contribution is 5.87. The predicted molar refractivity (Wildman–Crippen MR) is 61.8 cm³/mol. The van der Waals surface area contributed by atoms with Crippen LogP contribution in [-0.4, -0.2) is 41.8 Å². The smallest absolute Gasteiger partial charge is 0.240 e. The van der Waals surface area contributed by atoms with E-state index in [-0.39, 0.29) is 17.7 Å². The van der Waals surface area contributed by atoms with Crippen LogP contribution in [0.2, 0.25) is 0 Å². The molecular weight excluding hydrogens is 222 g/mol. The summed E-state index contributed by atoms with van der Waals surface area (Å²) in [6.07, 6.45) is 0.887. The third-order valence-corrected chi connectivity index (χ3v) is 2.97. The molecule has 1 rings (SSSR count). The van der Waals surface area contributed by atoms with Crippen molar-refractivity contribution in [1.82, 2.24) is 10.2 Å². The second-order valence-corrected chi connectivity index (χ2v) is 4.38. The van der Waals surface area contributed by atoms with Gasteiger partial charge in [-0.15, -0.1) is 0 Å². The Bertz CT molecular complexity index is 330. The minimum Gasteiger partial charge on any atom is -0.368 e. The van der Waals surface area contributed by atoms with Crippen LogP contribution in [0.4, 0.5) is 0 Å². The molecule has 0 aromatic heterocycles. The van der Waals surface area contributed by atoms with Crippen molar-refractivity contribution in [1.29, 1.82) is 0 Å². The number of carbonyl (C=O) groups excluding carboxylic acids is 3. The summed E-state index contributed by atoms with van der Waals surface area (Å²) in [6, 6.07) is -0.523. The maximum Gasteiger partial charge on any atom is 0.240 e. The quantitative estimate of drug-likeness (QED) is 0.662. The summed E-state index contributed by atoms with van der Waals surface area (Å²) in [5.41, 5.74) is 5.25. The molecule has 1 saturated heterocycles. The lowest BCUT2D eigenvalue weighted by molar-refractivity contribution is -0.136. The number of hydrogen-bond donors (Lipinski definition) is 2. The Morgan fingerprint density at radius 1 is 1.59 bits per heavy atom. The molecule has 2 atom stereocenters. The van der Waals surface area contributed by atoms with Crippen LogP contribution >= 0.6 is 0 Å². The lowest BCUT2D eigenvalue weighted by Gasteiger charge is -2.24. The van der Waals surface area contributed by atoms with Crippen LogP contribution in [0.1, 0.15) is 26.7 Å². The van der Waals surface area contributed by atoms with E-state index >= 15 is 0 Å². The van der Waals surface area contributed by atoms with Crippen molar-refractivity contribution in [3.63, 3.8) is 0 Å². The molecule has 0 radical (unpaired) electrons. The number of likely N-dealkylation sites (tertiary alicyclic amines) is 1. The standard InChI is InChI=1S/C11H19N3O3/c1-3-9(11(12)17)14-6-8(4-10(14)16)5-13-7(2)15/h8-9H,3-6H2,1-2H3,(H2,12,17)(H,13,15). The minimum atomic E-state index is -0.523. The molecule has 1 aliphatic heterocycles. The molecule has 96 valence electrons. The van der Waals surface area contributed by atoms with Crippen molar-refractivity contribution in [3.05, 3.63) is 0 Å². The number of amides is 3. The van der Waals surface area contributed by atoms with Crippen LogP contribution in [0.3, 0.4) is 0 Å². The maximum absolute atomic E-state index is 11.7. The van der Waals surface area contributed by atoms with Gasteiger partial charge in [-0.1, -0.05) is 6.92 Å². The van der Waals surface area contributed by atoms with E-state index in [9.17, 15) is 14.4 Å². The van der Waals surface area contributed by atoms with E-state index < -0.39 is 11.9 Å². The van der Waals surface area contributed by atoms with Crippen molar-refractivity contribution < 1.29 is 14.4 Å². The third-order valence-electron chi connectivity index (χ3n) is 2.97. The topological polar surface area (TPSA) is 92.5 Å². The summed E-state index contributed by atoms with van der Waals surface area (Å²) in [4.78, 5) is 35.2. The van der Waals surface area contributed by atoms with E-state index in [0.717, 1.165) is 0 Å². The molecule has 6 nitrogen and oxygen atoms in total. The Morgan fingerprint density at radius 3 is 2.71 bits per heavy atom. The molecule has 1 heterocycles. The largest absolute Gasteiger partial charge is 0.368 e. The lowest BCUT2D eigenvalue weighted by Crippen LogP contribution is -2.45. The molecule has 0 aromatic carbocycles. The van der Waals surface area contributed by atoms with E-state index in [4.69, 9.17) is 5.73 Å². The molecule has 3 amide bonds. The van der Waals surface area contributed by atoms with Crippen LogP contribution < -0.4 is 11.1 Å². The first-order chi connectivity index (χ1) is 7.95. The van der Waals surface area contributed by atoms with Gasteiger partial charge in [0.15, 0.2) is 0 Å². The number of nitrogens with two attached hydrogens (primary N) is 1. The molecular formula is C11H19N3O3. The summed E-state index contributed by atoms with van der Waals surface area (Å²) in [5, 5.41) is 2.68. The van der Waals surface area contributed by atoms with Crippen LogP contribution in [0.5, 0.6) is 0 Å². The van der Waals surface area contributed by atoms with Gasteiger partial charge in [0.1, 0.15) is 6.04 Å². The van der Waals surface area contributed by atoms with Crippen LogP contribution in [0, 0.1) is 5.92 Å². The Balaban J connectivity index is 2.57. The van der Waals surface area contributed by atoms with Gasteiger partial charge in [0.2, 0.25) is 17.7 Å². The third kappa shape index (κ3) is 3.44. The van der Waals surface area contributed by atoms with Crippen LogP contribution in [0.25, 0.3) is 0 Å². The fraction of sp³-hybridized carbons (Fsp3) is 0.727. The first kappa shape index (κ1) is 13.5. The van der Waals surface area contributed by atoms with Gasteiger partial charge < -0.3 is 16.0 Å². The summed E-state index contributed by atoms with van der Waals surface area (Å²) >= 11 is 0. The van der Waals surface area contributed by atoms with Crippen LogP contribution in [-0.2, 0) is 14.4 Å². The monoisotopic (exact) mass is 241 g/mol. The SMILES string of the molecule is CCC(C(N)=O)N1CC(CNC(C)=O)CC1=O. The number of nitrogens with one attached hydrogen (secondary N) is 1. The zero-order chi connectivity index (χ0) is 13.0. The second kappa shape index (κ2) is 5.65. The first-order valence-electron chi connectivity index (χ1n) is 5.78. The normalized spacial score (nSPS) is 21.4. The van der Waals surface area contributed by atoms with E-state index in [1.54, 1.807) is 0 Å². The summed E-state index contributed by atoms with van der Waals surface area (Å²) in [5.74, 6) is -0.579. The summed E-state index contributed by atoms with van der Waals surface area (Å²) in [6.45, 7) is 4.21. The maximum atomic E-state index is 11.7. The molecule has 3 N–H and O–H groups in total. The number of rotatable bonds is 5. The fourth-order valence-corrected chi connectivity index (χ4v) is 2.11. The van der Waals surface area contributed by atoms with Gasteiger partial charge in [-0.2, -0.15) is 0 Å². The van der Waals surface area contributed by atoms with Crippen molar-refractivity contribution in [3.8, 4) is 0 Å². The Morgan fingerprint density at radius 2 is 2.24 bits per heavy atom. The highest BCUT2D eigenvalue weighted by Crippen LogP contribution is 2.20. The van der Waals surface area contributed by atoms with Gasteiger partial charge in [-0.3, -0.25) is 14.4 Å². The molecule has 0 aliphatic carbocycles. The fourth-order valence-electron chi connectivity index (χ4n) is 2.11. The van der Waals surface area contributed by atoms with Crippen molar-refractivity contribution in [2.75, 3.05) is 13.1 Å². The lowest BCUT2D eigenvalue weighted by atomic mass is 10.1. The van der Waals surface area contributed by atoms with Crippen molar-refractivity contribution >= 4 is 17.7 Å². The van der Waals surface area contributed by atoms with Gasteiger partial charge in [0.25, 0.3) is 0 Å². The molecule has 6 heteroatoms. The average molecular weight is 241 g/mol. The number of nitrogens with zero attached hydrogens (tertiary/aromatic N) is 1. The van der Waals surface area contributed by atoms with E-state index in [1.165, 1.54) is 11.8 Å². The zero-order valence-electron chi connectivity index (χ0n) is 10.2. The Kier molecular flexibility index (Phi) is 4.48. The molecule has 2 unspecified atom stereocenters. The molecule has 1 aliphatic rings. The number of carbonyl (C=O) groups is 3. The molecule has 0 spiro atoms. The van der Waals surface area contributed by atoms with E-state index in [0.29, 0.717) is 25.9 Å². The first-order valence-corrected chi connectivity index (χ1v) is 5.78. The van der Waals surface area contributed by atoms with Gasteiger partial charge in [0, 0.05) is 32.4 Å². The molecule has 0 aromatic rings. The van der Waals surface area contributed by atoms with Gasteiger partial charge in [-0.25, -0.2) is 0 Å². The Hall–Kier alpha value is -1.59. The van der Waals surface area contributed by atoms with Gasteiger partial charge >= 0.3 is 0 Å². The Labute approximate surface area is 101 Å². The molecule has 17 heavy (non-hydrogen) atoms. The second-order valence-electron chi connectivity index (χ2n) is 4.38. The highest BCUT2D eigenvalue weighted by atomic mass is 16.2. The summed E-state index contributed by atoms with van der Waals surface area (Å²) < 4.78 is 0. The average Bonchev–Trinajstić information content (AvgIpc) is 2.58. The highest BCUT2D eigenvalue weighted by Gasteiger charge is 2.35. The number of hydrogen-bond acceptors (Lipinski definition) is 3. The zero-order valence-corrected chi connectivity index (χ0v) is 10.2. The van der Waals surface area contributed by atoms with Gasteiger partial charge in [0.05, 0.1) is 0 Å². The minimum absolute atomic E-state index is 0.0639. The molecule has 1 fully saturated rings. The van der Waals surface area contributed by atoms with Crippen molar-refractivity contribution in [2.24, 2.45) is 11.7 Å². The number of primary amides is 1. The molecule has 0 bridgehead atoms. The van der Waals surface area contributed by atoms with Crippen molar-refractivity contribution in [2.45, 2.75) is 32.7 Å². The summed E-state index contributed by atoms with van der Waals surface area (Å²) in [7, 11) is 0. The predicted octanol–water partition coefficient (Wildman–Crippen LogP) is -0.765. The molecule has 0 saturated carbocycles. The van der Waals surface area contributed by atoms with E-state index in [2.05, 4.69) is 5.32 Å². The van der Waals surface area contributed by atoms with E-state index in [1.807, 2.05) is 6.92 Å². The van der Waals surface area contributed by atoms with Crippen LogP contribution in [0.15, 0.2) is 0 Å².